The van der Waals surface area contributed by atoms with Gasteiger partial charge in [0.1, 0.15) is 5.69 Å². The molecule has 0 saturated carbocycles. The molecular weight excluding hydrogens is 264 g/mol. The number of likely N-dealkylation sites (N-methyl/N-ethyl adjacent to an activating group) is 1. The number of pyridine rings is 1. The normalized spacial score (nSPS) is 11.6. The summed E-state index contributed by atoms with van der Waals surface area (Å²) in [6, 6.07) is 10.0. The lowest BCUT2D eigenvalue weighted by atomic mass is 10.2. The minimum absolute atomic E-state index is 0.0154. The van der Waals surface area contributed by atoms with Crippen LogP contribution in [0.2, 0.25) is 0 Å². The standard InChI is InChI=1S/C16H20N4O/c1-18(2)9-10-19-8-6-15(17-19)16-13(12-21)11-14-5-3-4-7-20(14)16/h3-8,11,21H,9-10,12H2,1-2H3. The number of nitrogens with zero attached hydrogens (tertiary/aromatic N) is 4. The van der Waals surface area contributed by atoms with E-state index in [1.807, 2.05) is 47.4 Å². The fourth-order valence-corrected chi connectivity index (χ4v) is 2.50. The average Bonchev–Trinajstić information content (AvgIpc) is 3.08. The van der Waals surface area contributed by atoms with Crippen molar-refractivity contribution in [1.29, 1.82) is 0 Å². The van der Waals surface area contributed by atoms with Crippen molar-refractivity contribution in [2.75, 3.05) is 20.6 Å². The van der Waals surface area contributed by atoms with Crippen LogP contribution in [0, 0.1) is 0 Å². The van der Waals surface area contributed by atoms with Crippen LogP contribution in [0.4, 0.5) is 0 Å². The third kappa shape index (κ3) is 2.70. The highest BCUT2D eigenvalue weighted by atomic mass is 16.3. The second-order valence-corrected chi connectivity index (χ2v) is 5.44. The number of fused-ring (bicyclic) bond motifs is 1. The molecule has 3 rings (SSSR count). The summed E-state index contributed by atoms with van der Waals surface area (Å²) in [5.74, 6) is 0. The van der Waals surface area contributed by atoms with Crippen LogP contribution in [0.15, 0.2) is 42.7 Å². The Kier molecular flexibility index (Phi) is 3.77. The lowest BCUT2D eigenvalue weighted by molar-refractivity contribution is 0.282. The summed E-state index contributed by atoms with van der Waals surface area (Å²) in [6.07, 6.45) is 3.99. The Morgan fingerprint density at radius 2 is 2.05 bits per heavy atom. The second kappa shape index (κ2) is 5.71. The molecule has 0 fully saturated rings. The van der Waals surface area contributed by atoms with Gasteiger partial charge in [0.15, 0.2) is 0 Å². The molecule has 3 aromatic rings. The number of aromatic nitrogens is 3. The van der Waals surface area contributed by atoms with Gasteiger partial charge < -0.3 is 14.4 Å². The third-order valence-electron chi connectivity index (χ3n) is 3.59. The highest BCUT2D eigenvalue weighted by Crippen LogP contribution is 2.26. The van der Waals surface area contributed by atoms with Crippen molar-refractivity contribution in [2.45, 2.75) is 13.2 Å². The van der Waals surface area contributed by atoms with E-state index in [-0.39, 0.29) is 6.61 Å². The van der Waals surface area contributed by atoms with Crippen LogP contribution in [-0.2, 0) is 13.2 Å². The van der Waals surface area contributed by atoms with Gasteiger partial charge in [-0.25, -0.2) is 0 Å². The van der Waals surface area contributed by atoms with Gasteiger partial charge in [-0.05, 0) is 38.4 Å². The van der Waals surface area contributed by atoms with Crippen LogP contribution in [0.25, 0.3) is 16.9 Å². The van der Waals surface area contributed by atoms with Gasteiger partial charge in [0, 0.05) is 30.0 Å². The van der Waals surface area contributed by atoms with Gasteiger partial charge in [0.2, 0.25) is 0 Å². The van der Waals surface area contributed by atoms with Crippen LogP contribution < -0.4 is 0 Å². The van der Waals surface area contributed by atoms with Crippen LogP contribution in [-0.4, -0.2) is 44.8 Å². The molecule has 0 bridgehead atoms. The van der Waals surface area contributed by atoms with Crippen molar-refractivity contribution in [3.05, 3.63) is 48.3 Å². The van der Waals surface area contributed by atoms with Crippen LogP contribution in [0.5, 0.6) is 0 Å². The highest BCUT2D eigenvalue weighted by molar-refractivity contribution is 5.69. The maximum Gasteiger partial charge on any atom is 0.109 e. The molecule has 110 valence electrons. The highest BCUT2D eigenvalue weighted by Gasteiger charge is 2.13. The Balaban J connectivity index is 2.00. The Labute approximate surface area is 124 Å². The molecule has 21 heavy (non-hydrogen) atoms. The van der Waals surface area contributed by atoms with Crippen molar-refractivity contribution in [1.82, 2.24) is 19.1 Å². The van der Waals surface area contributed by atoms with E-state index >= 15 is 0 Å². The lowest BCUT2D eigenvalue weighted by Crippen LogP contribution is -2.18. The fourth-order valence-electron chi connectivity index (χ4n) is 2.50. The van der Waals surface area contributed by atoms with E-state index in [9.17, 15) is 5.11 Å². The molecule has 0 saturated heterocycles. The Hall–Kier alpha value is -2.11. The number of hydrogen-bond donors (Lipinski definition) is 1. The summed E-state index contributed by atoms with van der Waals surface area (Å²) in [5, 5.41) is 14.3. The topological polar surface area (TPSA) is 45.7 Å². The van der Waals surface area contributed by atoms with Crippen molar-refractivity contribution in [2.24, 2.45) is 0 Å². The Morgan fingerprint density at radius 3 is 2.81 bits per heavy atom. The zero-order valence-corrected chi connectivity index (χ0v) is 12.4. The summed E-state index contributed by atoms with van der Waals surface area (Å²) in [5.41, 5.74) is 3.83. The number of hydrogen-bond acceptors (Lipinski definition) is 3. The largest absolute Gasteiger partial charge is 0.392 e. The molecule has 0 spiro atoms. The molecule has 0 radical (unpaired) electrons. The van der Waals surface area contributed by atoms with E-state index in [2.05, 4.69) is 28.5 Å². The summed E-state index contributed by atoms with van der Waals surface area (Å²) >= 11 is 0. The van der Waals surface area contributed by atoms with E-state index in [1.54, 1.807) is 0 Å². The first-order valence-electron chi connectivity index (χ1n) is 7.07. The first kappa shape index (κ1) is 13.9. The van der Waals surface area contributed by atoms with E-state index in [4.69, 9.17) is 0 Å². The minimum Gasteiger partial charge on any atom is -0.392 e. The molecule has 1 N–H and O–H groups in total. The molecule has 5 heteroatoms. The average molecular weight is 284 g/mol. The predicted molar refractivity (Wildman–Crippen MR) is 83.1 cm³/mol. The maximum atomic E-state index is 9.61. The SMILES string of the molecule is CN(C)CCn1ccc(-c2c(CO)cc3ccccn23)n1. The number of aliphatic hydroxyl groups is 1. The maximum absolute atomic E-state index is 9.61. The van der Waals surface area contributed by atoms with Crippen molar-refractivity contribution >= 4 is 5.52 Å². The quantitative estimate of drug-likeness (QED) is 0.778. The molecule has 0 aliphatic rings. The predicted octanol–water partition coefficient (Wildman–Crippen LogP) is 1.86. The van der Waals surface area contributed by atoms with Gasteiger partial charge in [-0.15, -0.1) is 0 Å². The molecule has 0 aliphatic carbocycles. The lowest BCUT2D eigenvalue weighted by Gasteiger charge is -2.08. The molecule has 5 nitrogen and oxygen atoms in total. The number of aliphatic hydroxyl groups excluding tert-OH is 1. The van der Waals surface area contributed by atoms with Crippen LogP contribution >= 0.6 is 0 Å². The van der Waals surface area contributed by atoms with Crippen molar-refractivity contribution in [3.63, 3.8) is 0 Å². The first-order valence-corrected chi connectivity index (χ1v) is 7.07. The summed E-state index contributed by atoms with van der Waals surface area (Å²) in [7, 11) is 4.10. The van der Waals surface area contributed by atoms with Gasteiger partial charge in [-0.1, -0.05) is 6.07 Å². The first-order chi connectivity index (χ1) is 10.2. The van der Waals surface area contributed by atoms with E-state index in [1.165, 1.54) is 0 Å². The van der Waals surface area contributed by atoms with E-state index < -0.39 is 0 Å². The van der Waals surface area contributed by atoms with Gasteiger partial charge in [-0.2, -0.15) is 5.10 Å². The van der Waals surface area contributed by atoms with Gasteiger partial charge in [0.25, 0.3) is 0 Å². The van der Waals surface area contributed by atoms with Crippen molar-refractivity contribution < 1.29 is 5.11 Å². The smallest absolute Gasteiger partial charge is 0.109 e. The fraction of sp³-hybridized carbons (Fsp3) is 0.312. The summed E-state index contributed by atoms with van der Waals surface area (Å²) in [4.78, 5) is 2.13. The monoisotopic (exact) mass is 284 g/mol. The molecule has 0 unspecified atom stereocenters. The van der Waals surface area contributed by atoms with Crippen LogP contribution in [0.3, 0.4) is 0 Å². The van der Waals surface area contributed by atoms with Gasteiger partial charge in [-0.3, -0.25) is 4.68 Å². The molecule has 0 aromatic carbocycles. The summed E-state index contributed by atoms with van der Waals surface area (Å²) < 4.78 is 4.02. The molecule has 3 aromatic heterocycles. The zero-order chi connectivity index (χ0) is 14.8. The molecule has 0 amide bonds. The van der Waals surface area contributed by atoms with Gasteiger partial charge in [0.05, 0.1) is 18.8 Å². The Bertz CT molecular complexity index is 742. The third-order valence-corrected chi connectivity index (χ3v) is 3.59. The minimum atomic E-state index is 0.0154. The van der Waals surface area contributed by atoms with E-state index in [0.717, 1.165) is 35.6 Å². The number of rotatable bonds is 5. The summed E-state index contributed by atoms with van der Waals surface area (Å²) in [6.45, 7) is 1.81. The second-order valence-electron chi connectivity index (χ2n) is 5.44. The molecule has 0 atom stereocenters. The zero-order valence-electron chi connectivity index (χ0n) is 12.4. The van der Waals surface area contributed by atoms with Crippen molar-refractivity contribution in [3.8, 4) is 11.4 Å². The van der Waals surface area contributed by atoms with Gasteiger partial charge >= 0.3 is 0 Å². The molecule has 3 heterocycles. The van der Waals surface area contributed by atoms with E-state index in [0.29, 0.717) is 0 Å². The Morgan fingerprint density at radius 1 is 1.19 bits per heavy atom. The van der Waals surface area contributed by atoms with Crippen LogP contribution in [0.1, 0.15) is 5.56 Å². The molecule has 0 aliphatic heterocycles. The molecular formula is C16H20N4O.